The van der Waals surface area contributed by atoms with Crippen molar-refractivity contribution >= 4 is 5.96 Å². The molecule has 0 bridgehead atoms. The molecule has 0 saturated carbocycles. The first kappa shape index (κ1) is 18.0. The van der Waals surface area contributed by atoms with Crippen LogP contribution < -0.4 is 5.32 Å². The van der Waals surface area contributed by atoms with Crippen LogP contribution in [0.1, 0.15) is 25.0 Å². The minimum atomic E-state index is 0.436. The van der Waals surface area contributed by atoms with E-state index in [0.717, 1.165) is 32.1 Å². The fourth-order valence-electron chi connectivity index (χ4n) is 2.54. The van der Waals surface area contributed by atoms with Gasteiger partial charge in [-0.3, -0.25) is 9.67 Å². The van der Waals surface area contributed by atoms with E-state index in [1.807, 2.05) is 23.1 Å². The van der Waals surface area contributed by atoms with Crippen molar-refractivity contribution in [3.8, 4) is 0 Å². The van der Waals surface area contributed by atoms with Gasteiger partial charge in [0.1, 0.15) is 0 Å². The van der Waals surface area contributed by atoms with Crippen molar-refractivity contribution in [3.05, 3.63) is 53.9 Å². The van der Waals surface area contributed by atoms with Gasteiger partial charge in [-0.25, -0.2) is 0 Å². The van der Waals surface area contributed by atoms with Crippen LogP contribution in [0, 0.1) is 12.8 Å². The Kier molecular flexibility index (Phi) is 6.85. The van der Waals surface area contributed by atoms with Crippen molar-refractivity contribution in [2.45, 2.75) is 33.9 Å². The quantitative estimate of drug-likeness (QED) is 0.628. The first-order valence-electron chi connectivity index (χ1n) is 8.61. The molecule has 0 radical (unpaired) electrons. The summed E-state index contributed by atoms with van der Waals surface area (Å²) in [5.74, 6) is 1.39. The molecule has 0 spiro atoms. The van der Waals surface area contributed by atoms with Gasteiger partial charge in [0.15, 0.2) is 5.96 Å². The molecule has 0 fully saturated rings. The molecule has 2 rings (SSSR count). The Hall–Kier alpha value is -2.30. The Balaban J connectivity index is 1.94. The molecule has 0 aliphatic rings. The summed E-state index contributed by atoms with van der Waals surface area (Å²) >= 11 is 0. The minimum Gasteiger partial charge on any atom is -0.357 e. The molecule has 5 heteroatoms. The number of hydrogen-bond donors (Lipinski definition) is 1. The third-order valence-corrected chi connectivity index (χ3v) is 3.85. The van der Waals surface area contributed by atoms with Crippen molar-refractivity contribution in [1.29, 1.82) is 0 Å². The van der Waals surface area contributed by atoms with E-state index in [9.17, 15) is 0 Å². The van der Waals surface area contributed by atoms with E-state index in [-0.39, 0.29) is 0 Å². The molecule has 5 nitrogen and oxygen atoms in total. The Bertz CT molecular complexity index is 616. The smallest absolute Gasteiger partial charge is 0.193 e. The van der Waals surface area contributed by atoms with Crippen molar-refractivity contribution in [1.82, 2.24) is 20.0 Å². The molecular formula is C19H29N5. The van der Waals surface area contributed by atoms with Gasteiger partial charge in [0.25, 0.3) is 0 Å². The number of rotatable bonds is 7. The van der Waals surface area contributed by atoms with Crippen LogP contribution in [-0.2, 0) is 13.1 Å². The molecule has 130 valence electrons. The van der Waals surface area contributed by atoms with Crippen molar-refractivity contribution in [3.63, 3.8) is 0 Å². The lowest BCUT2D eigenvalue weighted by Gasteiger charge is -2.23. The Morgan fingerprint density at radius 2 is 2.08 bits per heavy atom. The first-order valence-corrected chi connectivity index (χ1v) is 8.61. The molecule has 24 heavy (non-hydrogen) atoms. The largest absolute Gasteiger partial charge is 0.357 e. The van der Waals surface area contributed by atoms with Crippen LogP contribution in [0.4, 0.5) is 0 Å². The van der Waals surface area contributed by atoms with Crippen LogP contribution in [0.2, 0.25) is 0 Å². The van der Waals surface area contributed by atoms with Gasteiger partial charge in [-0.05, 0) is 31.4 Å². The van der Waals surface area contributed by atoms with Gasteiger partial charge in [0, 0.05) is 45.6 Å². The van der Waals surface area contributed by atoms with Crippen molar-refractivity contribution < 1.29 is 0 Å². The van der Waals surface area contributed by atoms with E-state index in [1.54, 1.807) is 0 Å². The number of aliphatic imine (C=N–C) groups is 1. The Labute approximate surface area is 145 Å². The maximum Gasteiger partial charge on any atom is 0.193 e. The Morgan fingerprint density at radius 1 is 1.33 bits per heavy atom. The molecule has 1 unspecified atom stereocenters. The fourth-order valence-corrected chi connectivity index (χ4v) is 2.54. The molecule has 1 heterocycles. The highest BCUT2D eigenvalue weighted by Gasteiger charge is 2.08. The Morgan fingerprint density at radius 3 is 2.71 bits per heavy atom. The van der Waals surface area contributed by atoms with Crippen LogP contribution in [0.3, 0.4) is 0 Å². The second-order valence-corrected chi connectivity index (χ2v) is 6.37. The molecule has 1 aromatic heterocycles. The van der Waals surface area contributed by atoms with Crippen LogP contribution in [0.25, 0.3) is 0 Å². The van der Waals surface area contributed by atoms with E-state index in [2.05, 4.69) is 67.4 Å². The van der Waals surface area contributed by atoms with Gasteiger partial charge >= 0.3 is 0 Å². The molecule has 1 N–H and O–H groups in total. The number of nitrogens with zero attached hydrogens (tertiary/aromatic N) is 4. The van der Waals surface area contributed by atoms with E-state index < -0.39 is 0 Å². The van der Waals surface area contributed by atoms with Crippen LogP contribution in [0.15, 0.2) is 47.7 Å². The highest BCUT2D eigenvalue weighted by molar-refractivity contribution is 5.79. The maximum absolute atomic E-state index is 4.80. The van der Waals surface area contributed by atoms with Crippen molar-refractivity contribution in [2.75, 3.05) is 20.1 Å². The summed E-state index contributed by atoms with van der Waals surface area (Å²) in [5.41, 5.74) is 2.58. The zero-order valence-corrected chi connectivity index (χ0v) is 15.2. The lowest BCUT2D eigenvalue weighted by molar-refractivity contribution is 0.444. The number of benzene rings is 1. The van der Waals surface area contributed by atoms with Gasteiger partial charge in [0.05, 0.1) is 0 Å². The zero-order chi connectivity index (χ0) is 17.4. The third kappa shape index (κ3) is 5.72. The average molecular weight is 327 g/mol. The predicted molar refractivity (Wildman–Crippen MR) is 100 cm³/mol. The van der Waals surface area contributed by atoms with Crippen molar-refractivity contribution in [2.24, 2.45) is 10.9 Å². The molecule has 0 aliphatic heterocycles. The zero-order valence-electron chi connectivity index (χ0n) is 15.2. The molecule has 0 aliphatic carbocycles. The van der Waals surface area contributed by atoms with Gasteiger partial charge in [-0.2, -0.15) is 5.10 Å². The van der Waals surface area contributed by atoms with E-state index in [4.69, 9.17) is 4.99 Å². The highest BCUT2D eigenvalue weighted by atomic mass is 15.3. The summed E-state index contributed by atoms with van der Waals surface area (Å²) in [6.07, 6.45) is 3.81. The standard InChI is InChI=1S/C19H29N5/c1-5-20-19(21-13-17(3)14-24-12-6-11-22-24)23(4)15-18-9-7-16(2)8-10-18/h6-12,17H,5,13-15H2,1-4H3,(H,20,21). The van der Waals surface area contributed by atoms with Gasteiger partial charge < -0.3 is 10.2 Å². The summed E-state index contributed by atoms with van der Waals surface area (Å²) in [6.45, 7) is 9.79. The normalized spacial score (nSPS) is 12.9. The molecule has 1 atom stereocenters. The first-order chi connectivity index (χ1) is 11.6. The van der Waals surface area contributed by atoms with Gasteiger partial charge in [-0.15, -0.1) is 0 Å². The summed E-state index contributed by atoms with van der Waals surface area (Å²) in [7, 11) is 2.08. The van der Waals surface area contributed by atoms with E-state index in [1.165, 1.54) is 11.1 Å². The van der Waals surface area contributed by atoms with E-state index >= 15 is 0 Å². The SMILES string of the molecule is CCNC(=NCC(C)Cn1cccn1)N(C)Cc1ccc(C)cc1. The molecule has 1 aromatic carbocycles. The summed E-state index contributed by atoms with van der Waals surface area (Å²) in [4.78, 5) is 6.97. The average Bonchev–Trinajstić information content (AvgIpc) is 3.06. The molecule has 2 aromatic rings. The number of aromatic nitrogens is 2. The van der Waals surface area contributed by atoms with Crippen LogP contribution in [-0.4, -0.2) is 40.8 Å². The topological polar surface area (TPSA) is 45.5 Å². The number of guanidine groups is 1. The third-order valence-electron chi connectivity index (χ3n) is 3.85. The molecule has 0 saturated heterocycles. The number of hydrogen-bond acceptors (Lipinski definition) is 2. The summed E-state index contributed by atoms with van der Waals surface area (Å²) in [6, 6.07) is 10.6. The lowest BCUT2D eigenvalue weighted by atomic mass is 10.1. The summed E-state index contributed by atoms with van der Waals surface area (Å²) < 4.78 is 1.96. The molecular weight excluding hydrogens is 298 g/mol. The summed E-state index contributed by atoms with van der Waals surface area (Å²) in [5, 5.41) is 7.64. The lowest BCUT2D eigenvalue weighted by Crippen LogP contribution is -2.38. The van der Waals surface area contributed by atoms with Gasteiger partial charge in [0.2, 0.25) is 0 Å². The number of nitrogens with one attached hydrogen (secondary N) is 1. The second-order valence-electron chi connectivity index (χ2n) is 6.37. The van der Waals surface area contributed by atoms with Gasteiger partial charge in [-0.1, -0.05) is 36.8 Å². The van der Waals surface area contributed by atoms with Crippen LogP contribution in [0.5, 0.6) is 0 Å². The van der Waals surface area contributed by atoms with E-state index in [0.29, 0.717) is 5.92 Å². The maximum atomic E-state index is 4.80. The predicted octanol–water partition coefficient (Wildman–Crippen LogP) is 2.93. The highest BCUT2D eigenvalue weighted by Crippen LogP contribution is 2.07. The second kappa shape index (κ2) is 9.11. The monoisotopic (exact) mass is 327 g/mol. The fraction of sp³-hybridized carbons (Fsp3) is 0.474. The van der Waals surface area contributed by atoms with Crippen LogP contribution >= 0.6 is 0 Å². The molecule has 0 amide bonds. The minimum absolute atomic E-state index is 0.436. The number of aryl methyl sites for hydroxylation is 1.